The van der Waals surface area contributed by atoms with E-state index in [0.29, 0.717) is 18.8 Å². The number of hydrogen-bond donors (Lipinski definition) is 3. The average Bonchev–Trinajstić information content (AvgIpc) is 2.94. The third-order valence-electron chi connectivity index (χ3n) is 9.26. The molecule has 4 heteroatoms. The van der Waals surface area contributed by atoms with E-state index in [1.165, 1.54) is 109 Å². The van der Waals surface area contributed by atoms with Crippen LogP contribution in [0.1, 0.15) is 189 Å². The summed E-state index contributed by atoms with van der Waals surface area (Å²) in [6.45, 7) is 13.2. The van der Waals surface area contributed by atoms with Gasteiger partial charge in [-0.1, -0.05) is 150 Å². The van der Waals surface area contributed by atoms with E-state index >= 15 is 0 Å². The van der Waals surface area contributed by atoms with E-state index in [2.05, 4.69) is 52.1 Å². The summed E-state index contributed by atoms with van der Waals surface area (Å²) in [6.07, 6.45) is 31.1. The van der Waals surface area contributed by atoms with Crippen LogP contribution in [0.5, 0.6) is 0 Å². The number of aliphatic hydroxyl groups is 2. The first-order valence-corrected chi connectivity index (χ1v) is 18.4. The van der Waals surface area contributed by atoms with Gasteiger partial charge in [0.15, 0.2) is 0 Å². The van der Waals surface area contributed by atoms with Crippen molar-refractivity contribution in [3.05, 3.63) is 12.2 Å². The van der Waals surface area contributed by atoms with Crippen molar-refractivity contribution < 1.29 is 15.0 Å². The molecule has 4 nitrogen and oxygen atoms in total. The van der Waals surface area contributed by atoms with E-state index in [1.807, 2.05) is 6.92 Å². The molecule has 0 rings (SSSR count). The summed E-state index contributed by atoms with van der Waals surface area (Å²) in [6, 6.07) is 0. The van der Waals surface area contributed by atoms with Crippen molar-refractivity contribution in [2.45, 2.75) is 201 Å². The topological polar surface area (TPSA) is 69.6 Å². The summed E-state index contributed by atoms with van der Waals surface area (Å²) in [5, 5.41) is 23.3. The molecule has 3 N–H and O–H groups in total. The fourth-order valence-electron chi connectivity index (χ4n) is 6.05. The molecular weight excluding hydrogens is 518 g/mol. The lowest BCUT2D eigenvalue weighted by atomic mass is 9.86. The normalized spacial score (nSPS) is 15.6. The van der Waals surface area contributed by atoms with Gasteiger partial charge in [-0.05, 0) is 63.2 Å². The monoisotopic (exact) mass is 594 g/mol. The summed E-state index contributed by atoms with van der Waals surface area (Å²) < 4.78 is 0. The number of unbranched alkanes of at least 4 members (excludes halogenated alkanes) is 11. The van der Waals surface area contributed by atoms with Gasteiger partial charge in [0, 0.05) is 6.42 Å². The van der Waals surface area contributed by atoms with Gasteiger partial charge in [0.1, 0.15) is 0 Å². The van der Waals surface area contributed by atoms with Gasteiger partial charge in [-0.2, -0.15) is 0 Å². The van der Waals surface area contributed by atoms with Crippen molar-refractivity contribution >= 4 is 5.91 Å². The number of rotatable bonds is 30. The summed E-state index contributed by atoms with van der Waals surface area (Å²) in [5.74, 6) is 2.27. The first-order valence-electron chi connectivity index (χ1n) is 18.4. The summed E-state index contributed by atoms with van der Waals surface area (Å²) >= 11 is 0. The standard InChI is InChI=1S/C38H75NO3/c1-7-8-9-10-11-12-13-14-15-16-17-18-19-20-21-30-37(42)39-38(6,36(41)32-40)31-24-29-35(5)28-23-27-34(4)26-22-25-33(2)3/h14-15,33-36,40-41H,7-13,16-32H2,1-6H3,(H,39,42). The number of allylic oxidation sites excluding steroid dienone is 2. The Morgan fingerprint density at radius 2 is 1.17 bits per heavy atom. The molecule has 1 amide bonds. The summed E-state index contributed by atoms with van der Waals surface area (Å²) in [7, 11) is 0. The van der Waals surface area contributed by atoms with E-state index < -0.39 is 11.6 Å². The zero-order valence-corrected chi connectivity index (χ0v) is 29.2. The molecule has 0 aliphatic rings. The van der Waals surface area contributed by atoms with Crippen molar-refractivity contribution in [2.75, 3.05) is 6.61 Å². The molecule has 0 saturated heterocycles. The molecule has 0 aliphatic heterocycles. The molecule has 0 saturated carbocycles. The molecule has 0 aromatic heterocycles. The second-order valence-corrected chi connectivity index (χ2v) is 14.4. The van der Waals surface area contributed by atoms with Gasteiger partial charge in [0.2, 0.25) is 5.91 Å². The molecule has 0 aliphatic carbocycles. The summed E-state index contributed by atoms with van der Waals surface area (Å²) in [5.41, 5.74) is -0.766. The van der Waals surface area contributed by atoms with Gasteiger partial charge in [-0.25, -0.2) is 0 Å². The quantitative estimate of drug-likeness (QED) is 0.0573. The molecular formula is C38H75NO3. The number of nitrogens with one attached hydrogen (secondary N) is 1. The van der Waals surface area contributed by atoms with Crippen LogP contribution in [0, 0.1) is 17.8 Å². The second kappa shape index (κ2) is 27.7. The highest BCUT2D eigenvalue weighted by Crippen LogP contribution is 2.25. The van der Waals surface area contributed by atoms with Gasteiger partial charge in [-0.3, -0.25) is 4.79 Å². The van der Waals surface area contributed by atoms with Crippen LogP contribution in [0.15, 0.2) is 12.2 Å². The van der Waals surface area contributed by atoms with Crippen LogP contribution in [-0.2, 0) is 4.79 Å². The van der Waals surface area contributed by atoms with E-state index in [9.17, 15) is 15.0 Å². The Balaban J connectivity index is 4.05. The molecule has 0 radical (unpaired) electrons. The van der Waals surface area contributed by atoms with Crippen LogP contribution in [0.3, 0.4) is 0 Å². The second-order valence-electron chi connectivity index (χ2n) is 14.4. The number of carbonyl (C=O) groups excluding carboxylic acids is 1. The van der Waals surface area contributed by atoms with Crippen LogP contribution < -0.4 is 5.32 Å². The van der Waals surface area contributed by atoms with Gasteiger partial charge in [0.25, 0.3) is 0 Å². The minimum atomic E-state index is -0.933. The molecule has 0 spiro atoms. The molecule has 250 valence electrons. The first kappa shape index (κ1) is 41.1. The smallest absolute Gasteiger partial charge is 0.220 e. The third-order valence-corrected chi connectivity index (χ3v) is 9.26. The summed E-state index contributed by atoms with van der Waals surface area (Å²) in [4.78, 5) is 12.7. The van der Waals surface area contributed by atoms with Gasteiger partial charge >= 0.3 is 0 Å². The molecule has 42 heavy (non-hydrogen) atoms. The van der Waals surface area contributed by atoms with Crippen molar-refractivity contribution in [1.29, 1.82) is 0 Å². The fourth-order valence-corrected chi connectivity index (χ4v) is 6.05. The molecule has 0 aromatic carbocycles. The van der Waals surface area contributed by atoms with Crippen LogP contribution in [0.2, 0.25) is 0 Å². The highest BCUT2D eigenvalue weighted by Gasteiger charge is 2.33. The first-order chi connectivity index (χ1) is 20.1. The predicted molar refractivity (Wildman–Crippen MR) is 184 cm³/mol. The lowest BCUT2D eigenvalue weighted by Gasteiger charge is -2.35. The Morgan fingerprint density at radius 1 is 0.690 bits per heavy atom. The Morgan fingerprint density at radius 3 is 1.69 bits per heavy atom. The molecule has 4 unspecified atom stereocenters. The molecule has 4 atom stereocenters. The van der Waals surface area contributed by atoms with Crippen molar-refractivity contribution in [1.82, 2.24) is 5.32 Å². The Kier molecular flexibility index (Phi) is 27.1. The largest absolute Gasteiger partial charge is 0.394 e. The van der Waals surface area contributed by atoms with E-state index in [-0.39, 0.29) is 12.5 Å². The maximum Gasteiger partial charge on any atom is 0.220 e. The van der Waals surface area contributed by atoms with Crippen LogP contribution in [-0.4, -0.2) is 34.4 Å². The number of amides is 1. The Bertz CT molecular complexity index is 634. The fraction of sp³-hybridized carbons (Fsp3) is 0.921. The lowest BCUT2D eigenvalue weighted by Crippen LogP contribution is -2.55. The van der Waals surface area contributed by atoms with Crippen molar-refractivity contribution in [2.24, 2.45) is 17.8 Å². The minimum absolute atomic E-state index is 0.00197. The molecule has 0 heterocycles. The van der Waals surface area contributed by atoms with E-state index in [0.717, 1.165) is 37.5 Å². The van der Waals surface area contributed by atoms with Crippen LogP contribution in [0.4, 0.5) is 0 Å². The number of hydrogen-bond acceptors (Lipinski definition) is 3. The van der Waals surface area contributed by atoms with Gasteiger partial charge in [0.05, 0.1) is 18.2 Å². The van der Waals surface area contributed by atoms with E-state index in [4.69, 9.17) is 0 Å². The molecule has 0 bridgehead atoms. The maximum atomic E-state index is 12.7. The predicted octanol–water partition coefficient (Wildman–Crippen LogP) is 10.7. The third kappa shape index (κ3) is 24.6. The van der Waals surface area contributed by atoms with Crippen LogP contribution >= 0.6 is 0 Å². The zero-order chi connectivity index (χ0) is 31.5. The van der Waals surface area contributed by atoms with Gasteiger partial charge < -0.3 is 15.5 Å². The molecule has 0 fully saturated rings. The highest BCUT2D eigenvalue weighted by molar-refractivity contribution is 5.76. The number of aliphatic hydroxyl groups excluding tert-OH is 2. The van der Waals surface area contributed by atoms with Gasteiger partial charge in [-0.15, -0.1) is 0 Å². The Labute approximate surface area is 263 Å². The lowest BCUT2D eigenvalue weighted by molar-refractivity contribution is -0.125. The maximum absolute atomic E-state index is 12.7. The minimum Gasteiger partial charge on any atom is -0.394 e. The van der Waals surface area contributed by atoms with Crippen molar-refractivity contribution in [3.8, 4) is 0 Å². The zero-order valence-electron chi connectivity index (χ0n) is 29.2. The highest BCUT2D eigenvalue weighted by atomic mass is 16.3. The van der Waals surface area contributed by atoms with E-state index in [1.54, 1.807) is 0 Å². The SMILES string of the molecule is CCCCCCCCC=CCCCCCCCC(=O)NC(C)(CCCC(C)CCCC(C)CCCC(C)C)C(O)CO. The average molecular weight is 594 g/mol. The van der Waals surface area contributed by atoms with Crippen LogP contribution in [0.25, 0.3) is 0 Å². The number of carbonyl (C=O) groups is 1. The molecule has 0 aromatic rings. The Hall–Kier alpha value is -0.870. The van der Waals surface area contributed by atoms with Crippen molar-refractivity contribution in [3.63, 3.8) is 0 Å².